The Balaban J connectivity index is 0.000000319. The van der Waals surface area contributed by atoms with E-state index in [-0.39, 0.29) is 12.1 Å². The first kappa shape index (κ1) is 62.6. The molecule has 1 saturated heterocycles. The first-order chi connectivity index (χ1) is 34.3. The molecule has 2 N–H and O–H groups in total. The van der Waals surface area contributed by atoms with E-state index in [4.69, 9.17) is 4.99 Å². The van der Waals surface area contributed by atoms with Crippen molar-refractivity contribution in [2.75, 3.05) is 27.2 Å². The highest BCUT2D eigenvalue weighted by molar-refractivity contribution is 6.01. The second-order valence-corrected chi connectivity index (χ2v) is 24.2. The number of benzene rings is 2. The quantitative estimate of drug-likeness (QED) is 0.115. The molecule has 404 valence electrons. The molecular formula is C67H105N5O. The largest absolute Gasteiger partial charge is 0.387 e. The third-order valence-corrected chi connectivity index (χ3v) is 16.7. The van der Waals surface area contributed by atoms with Gasteiger partial charge in [0.15, 0.2) is 0 Å². The van der Waals surface area contributed by atoms with Crippen LogP contribution in [0.5, 0.6) is 0 Å². The predicted molar refractivity (Wildman–Crippen MR) is 321 cm³/mol. The Hall–Kier alpha value is -4.68. The van der Waals surface area contributed by atoms with E-state index in [0.717, 1.165) is 41.8 Å². The highest BCUT2D eigenvalue weighted by atomic mass is 16.2. The standard InChI is InChI=1S/C35H53N3.C13H22.C10H14.C9H16N2O/c1-10-16-32(25-35(8)21-15-22-35)31-20-19-28(6)30(24-31)17-13-14-18-34(36-9)33(26-37-12-3)29(7)38(23-11-2)27(4)5;1-6-11-9-10(2)7-8-12(11)13(3,4)5;1-7-5-8(2)10(4)9(3)6-7;1-6-4-9(6,2)8-10-7(12)5-11(8)3/h11-13,17,19-20,23-24,32,37H,3-4,10,14-16,18,21-22,25-26H2,1-2,5-9H3;6-8,10-12H,1,9H2,2-5H3;5-6H,1-4H3;6,8H,4-5H2,1-3H3,(H,10,12)/b17-13+,23-11-,33-29+,36-34?;;;/t;;;6?,8?,9-/m...1/s1. The monoisotopic (exact) mass is 996 g/mol. The van der Waals surface area contributed by atoms with Gasteiger partial charge in [0.05, 0.1) is 12.7 Å². The number of hydrogen-bond donors (Lipinski definition) is 2. The van der Waals surface area contributed by atoms with E-state index >= 15 is 0 Å². The zero-order valence-corrected chi connectivity index (χ0v) is 49.8. The van der Waals surface area contributed by atoms with Crippen molar-refractivity contribution in [3.63, 3.8) is 0 Å². The number of aliphatic imine (C=N–C) groups is 1. The number of amides is 1. The molecule has 0 aromatic heterocycles. The summed E-state index contributed by atoms with van der Waals surface area (Å²) in [5, 5.41) is 6.31. The third kappa shape index (κ3) is 18.6. The summed E-state index contributed by atoms with van der Waals surface area (Å²) in [5.74, 6) is 3.65. The fourth-order valence-corrected chi connectivity index (χ4v) is 11.5. The second kappa shape index (κ2) is 28.8. The van der Waals surface area contributed by atoms with Crippen molar-refractivity contribution in [3.8, 4) is 0 Å². The van der Waals surface area contributed by atoms with E-state index in [1.54, 1.807) is 6.20 Å². The summed E-state index contributed by atoms with van der Waals surface area (Å²) in [6.07, 6.45) is 30.0. The van der Waals surface area contributed by atoms with Gasteiger partial charge in [0, 0.05) is 47.9 Å². The molecule has 6 rings (SSSR count). The van der Waals surface area contributed by atoms with E-state index in [2.05, 4.69) is 204 Å². The van der Waals surface area contributed by atoms with Crippen molar-refractivity contribution in [3.05, 3.63) is 149 Å². The molecule has 1 amide bonds. The summed E-state index contributed by atoms with van der Waals surface area (Å²) in [6.45, 7) is 48.8. The molecule has 73 heavy (non-hydrogen) atoms. The second-order valence-electron chi connectivity index (χ2n) is 24.2. The molecule has 2 saturated carbocycles. The van der Waals surface area contributed by atoms with Crippen molar-refractivity contribution in [1.29, 1.82) is 0 Å². The van der Waals surface area contributed by atoms with E-state index in [1.807, 2.05) is 34.0 Å². The van der Waals surface area contributed by atoms with Gasteiger partial charge in [-0.05, 0) is 194 Å². The molecule has 1 aliphatic heterocycles. The minimum atomic E-state index is 0.169. The zero-order chi connectivity index (χ0) is 54.8. The molecule has 2 aromatic carbocycles. The molecule has 6 unspecified atom stereocenters. The van der Waals surface area contributed by atoms with Gasteiger partial charge in [0.1, 0.15) is 0 Å². The molecule has 7 atom stereocenters. The summed E-state index contributed by atoms with van der Waals surface area (Å²) in [4.78, 5) is 20.0. The molecule has 6 nitrogen and oxygen atoms in total. The Morgan fingerprint density at radius 2 is 1.66 bits per heavy atom. The van der Waals surface area contributed by atoms with Crippen LogP contribution in [-0.4, -0.2) is 54.8 Å². The van der Waals surface area contributed by atoms with E-state index < -0.39 is 0 Å². The SMILES string of the molecule is C=CC1CC(C)C=CC1C(C)(C)C.C=CNC/C(C(CC/C=C/c1cc(C(CCC)CC2(C)CCC2)ccc1C)=NC)=C(/C)N(/C=C\C)C(=C)C.CC1C[C@@]1(C)C1NC(=O)CN1C.Cc1cc(C)c(C)c(C)c1. The number of hydrogen-bond acceptors (Lipinski definition) is 5. The first-order valence-corrected chi connectivity index (χ1v) is 28.0. The molecule has 3 fully saturated rings. The average Bonchev–Trinajstić information content (AvgIpc) is 3.78. The van der Waals surface area contributed by atoms with Crippen molar-refractivity contribution in [2.45, 2.75) is 187 Å². The topological polar surface area (TPSA) is 60.0 Å². The normalized spacial score (nSPS) is 24.1. The van der Waals surface area contributed by atoms with Crippen molar-refractivity contribution < 1.29 is 4.79 Å². The Kier molecular flexibility index (Phi) is 24.7. The lowest BCUT2D eigenvalue weighted by molar-refractivity contribution is -0.118. The third-order valence-electron chi connectivity index (χ3n) is 16.7. The van der Waals surface area contributed by atoms with Gasteiger partial charge in [0.2, 0.25) is 5.91 Å². The van der Waals surface area contributed by atoms with Gasteiger partial charge in [-0.3, -0.25) is 14.7 Å². The summed E-state index contributed by atoms with van der Waals surface area (Å²) in [5.41, 5.74) is 15.5. The Morgan fingerprint density at radius 3 is 2.14 bits per heavy atom. The molecule has 6 heteroatoms. The molecule has 3 aliphatic carbocycles. The summed E-state index contributed by atoms with van der Waals surface area (Å²) in [6, 6.07) is 11.6. The van der Waals surface area contributed by atoms with Gasteiger partial charge < -0.3 is 15.5 Å². The molecule has 2 aromatic rings. The van der Waals surface area contributed by atoms with Crippen LogP contribution in [0.3, 0.4) is 0 Å². The van der Waals surface area contributed by atoms with E-state index in [1.165, 1.54) is 95.9 Å². The average molecular weight is 997 g/mol. The minimum absolute atomic E-state index is 0.169. The van der Waals surface area contributed by atoms with Crippen LogP contribution in [0.4, 0.5) is 0 Å². The van der Waals surface area contributed by atoms with Crippen LogP contribution >= 0.6 is 0 Å². The maximum absolute atomic E-state index is 11.1. The zero-order valence-electron chi connectivity index (χ0n) is 49.8. The molecule has 0 radical (unpaired) electrons. The lowest BCUT2D eigenvalue weighted by Crippen LogP contribution is -2.41. The van der Waals surface area contributed by atoms with Gasteiger partial charge in [-0.25, -0.2) is 0 Å². The number of rotatable bonds is 18. The number of nitrogens with zero attached hydrogens (tertiary/aromatic N) is 3. The lowest BCUT2D eigenvalue weighted by atomic mass is 9.64. The smallest absolute Gasteiger partial charge is 0.235 e. The van der Waals surface area contributed by atoms with Gasteiger partial charge in [-0.15, -0.1) is 6.58 Å². The Bertz CT molecular complexity index is 2270. The Labute approximate surface area is 448 Å². The summed E-state index contributed by atoms with van der Waals surface area (Å²) < 4.78 is 0. The van der Waals surface area contributed by atoms with Crippen LogP contribution in [0.1, 0.15) is 185 Å². The fourth-order valence-electron chi connectivity index (χ4n) is 11.5. The Morgan fingerprint density at radius 1 is 1.01 bits per heavy atom. The van der Waals surface area contributed by atoms with E-state index in [0.29, 0.717) is 47.1 Å². The number of aryl methyl sites for hydroxylation is 4. The van der Waals surface area contributed by atoms with Crippen LogP contribution in [0.15, 0.2) is 115 Å². The number of carbonyl (C=O) groups is 1. The molecule has 0 bridgehead atoms. The highest BCUT2D eigenvalue weighted by Gasteiger charge is 2.56. The number of allylic oxidation sites excluding steroid dienone is 7. The number of nitrogens with one attached hydrogen (secondary N) is 2. The molecule has 4 aliphatic rings. The highest BCUT2D eigenvalue weighted by Crippen LogP contribution is 2.55. The lowest BCUT2D eigenvalue weighted by Gasteiger charge is -2.41. The van der Waals surface area contributed by atoms with Crippen molar-refractivity contribution in [1.82, 2.24) is 20.4 Å². The minimum Gasteiger partial charge on any atom is -0.387 e. The fraction of sp³-hybridized carbons (Fsp3) is 0.582. The van der Waals surface area contributed by atoms with Crippen LogP contribution in [0, 0.1) is 74.5 Å². The van der Waals surface area contributed by atoms with Crippen molar-refractivity contribution >= 4 is 17.7 Å². The van der Waals surface area contributed by atoms with Gasteiger partial charge in [-0.2, -0.15) is 0 Å². The van der Waals surface area contributed by atoms with E-state index in [9.17, 15) is 4.79 Å². The molecule has 1 heterocycles. The first-order valence-electron chi connectivity index (χ1n) is 28.0. The van der Waals surface area contributed by atoms with Crippen LogP contribution in [0.25, 0.3) is 6.08 Å². The molecule has 0 spiro atoms. The van der Waals surface area contributed by atoms with Gasteiger partial charge in [0.25, 0.3) is 0 Å². The van der Waals surface area contributed by atoms with Crippen LogP contribution in [-0.2, 0) is 4.79 Å². The van der Waals surface area contributed by atoms with Gasteiger partial charge >= 0.3 is 0 Å². The molecular weight excluding hydrogens is 891 g/mol. The maximum atomic E-state index is 11.1. The predicted octanol–water partition coefficient (Wildman–Crippen LogP) is 17.1. The summed E-state index contributed by atoms with van der Waals surface area (Å²) in [7, 11) is 3.91. The maximum Gasteiger partial charge on any atom is 0.235 e. The van der Waals surface area contributed by atoms with Gasteiger partial charge in [-0.1, -0.05) is 154 Å². The van der Waals surface area contributed by atoms with Crippen LogP contribution in [0.2, 0.25) is 0 Å². The van der Waals surface area contributed by atoms with Crippen LogP contribution < -0.4 is 10.6 Å². The van der Waals surface area contributed by atoms with Crippen molar-refractivity contribution in [2.24, 2.45) is 44.9 Å². The number of carbonyl (C=O) groups excluding carboxylic acids is 1. The summed E-state index contributed by atoms with van der Waals surface area (Å²) >= 11 is 0. The number of likely N-dealkylation sites (N-methyl/N-ethyl adjacent to an activating group) is 1.